The maximum absolute atomic E-state index is 13.8. The molecule has 0 spiro atoms. The molecule has 198 valence electrons. The molecule has 1 amide bonds. The van der Waals surface area contributed by atoms with Gasteiger partial charge in [-0.2, -0.15) is 4.31 Å². The van der Waals surface area contributed by atoms with Crippen LogP contribution in [0.25, 0.3) is 0 Å². The lowest BCUT2D eigenvalue weighted by atomic mass is 9.85. The molecule has 0 radical (unpaired) electrons. The van der Waals surface area contributed by atoms with Crippen LogP contribution in [0, 0.1) is 0 Å². The summed E-state index contributed by atoms with van der Waals surface area (Å²) < 4.78 is 28.4. The summed E-state index contributed by atoms with van der Waals surface area (Å²) in [6.45, 7) is 10.2. The molecule has 1 aliphatic rings. The Morgan fingerprint density at radius 2 is 1.78 bits per heavy atom. The molecular formula is C28H32Cl2N2O3S2. The molecule has 0 aliphatic carbocycles. The van der Waals surface area contributed by atoms with Crippen molar-refractivity contribution in [2.45, 2.75) is 63.4 Å². The number of halogens is 2. The molecule has 1 aromatic heterocycles. The predicted molar refractivity (Wildman–Crippen MR) is 152 cm³/mol. The van der Waals surface area contributed by atoms with E-state index in [-0.39, 0.29) is 38.8 Å². The standard InChI is InChI=1S/C28H32Cl2N2O3S2/c1-18(2)32(37(34,35)25-16-21(29)10-11-23(25)30)17-26(33)31-14-12-24-22(13-15-36-24)27(31)19-6-8-20(9-7-19)28(3,4)5/h6-11,13,15-16,18,27H,12,14,17H2,1-5H3. The van der Waals surface area contributed by atoms with Crippen LogP contribution >= 0.6 is 34.5 Å². The molecule has 0 bridgehead atoms. The normalized spacial score (nSPS) is 16.4. The number of hydrogen-bond acceptors (Lipinski definition) is 4. The lowest BCUT2D eigenvalue weighted by Gasteiger charge is -2.38. The minimum absolute atomic E-state index is 0.0158. The van der Waals surface area contributed by atoms with E-state index in [4.69, 9.17) is 23.2 Å². The summed E-state index contributed by atoms with van der Waals surface area (Å²) in [4.78, 5) is 16.8. The smallest absolute Gasteiger partial charge is 0.245 e. The summed E-state index contributed by atoms with van der Waals surface area (Å²) in [5.41, 5.74) is 3.34. The Morgan fingerprint density at radius 3 is 2.41 bits per heavy atom. The molecule has 1 aliphatic heterocycles. The Hall–Kier alpha value is -1.90. The lowest BCUT2D eigenvalue weighted by molar-refractivity contribution is -0.133. The zero-order valence-electron chi connectivity index (χ0n) is 21.7. The fraction of sp³-hybridized carbons (Fsp3) is 0.393. The fourth-order valence-electron chi connectivity index (χ4n) is 4.68. The van der Waals surface area contributed by atoms with E-state index in [1.165, 1.54) is 32.9 Å². The van der Waals surface area contributed by atoms with Gasteiger partial charge in [-0.05, 0) is 72.0 Å². The average Bonchev–Trinajstić information content (AvgIpc) is 3.31. The second kappa shape index (κ2) is 10.7. The van der Waals surface area contributed by atoms with Gasteiger partial charge in [0, 0.05) is 22.5 Å². The molecule has 2 aromatic carbocycles. The molecule has 9 heteroatoms. The summed E-state index contributed by atoms with van der Waals surface area (Å²) in [6.07, 6.45) is 0.740. The van der Waals surface area contributed by atoms with Crippen molar-refractivity contribution in [1.82, 2.24) is 9.21 Å². The number of carbonyl (C=O) groups excluding carboxylic acids is 1. The van der Waals surface area contributed by atoms with Gasteiger partial charge in [0.2, 0.25) is 15.9 Å². The van der Waals surface area contributed by atoms with E-state index in [0.717, 1.165) is 17.5 Å². The zero-order valence-corrected chi connectivity index (χ0v) is 24.8. The van der Waals surface area contributed by atoms with Crippen molar-refractivity contribution in [3.63, 3.8) is 0 Å². The number of nitrogens with zero attached hydrogens (tertiary/aromatic N) is 2. The second-order valence-corrected chi connectivity index (χ2v) is 14.3. The Labute approximate surface area is 234 Å². The predicted octanol–water partition coefficient (Wildman–Crippen LogP) is 6.93. The van der Waals surface area contributed by atoms with Gasteiger partial charge >= 0.3 is 0 Å². The minimum atomic E-state index is -4.07. The molecule has 0 saturated heterocycles. The van der Waals surface area contributed by atoms with Crippen LogP contribution in [0.2, 0.25) is 10.0 Å². The van der Waals surface area contributed by atoms with Crippen molar-refractivity contribution in [2.24, 2.45) is 0 Å². The van der Waals surface area contributed by atoms with Crippen LogP contribution in [0.5, 0.6) is 0 Å². The molecule has 4 rings (SSSR count). The highest BCUT2D eigenvalue weighted by atomic mass is 35.5. The average molecular weight is 580 g/mol. The molecule has 1 unspecified atom stereocenters. The summed E-state index contributed by atoms with van der Waals surface area (Å²) in [7, 11) is -4.07. The van der Waals surface area contributed by atoms with Crippen molar-refractivity contribution in [1.29, 1.82) is 0 Å². The van der Waals surface area contributed by atoms with Crippen molar-refractivity contribution in [3.8, 4) is 0 Å². The minimum Gasteiger partial charge on any atom is -0.330 e. The molecule has 1 atom stereocenters. The van der Waals surface area contributed by atoms with Crippen LogP contribution in [0.4, 0.5) is 0 Å². The van der Waals surface area contributed by atoms with Crippen LogP contribution in [0.3, 0.4) is 0 Å². The monoisotopic (exact) mass is 578 g/mol. The van der Waals surface area contributed by atoms with E-state index in [1.807, 2.05) is 4.90 Å². The number of thiophene rings is 1. The van der Waals surface area contributed by atoms with Gasteiger partial charge in [0.15, 0.2) is 0 Å². The zero-order chi connectivity index (χ0) is 27.1. The van der Waals surface area contributed by atoms with Gasteiger partial charge < -0.3 is 4.90 Å². The summed E-state index contributed by atoms with van der Waals surface area (Å²) in [6, 6.07) is 14.1. The molecule has 2 heterocycles. The van der Waals surface area contributed by atoms with E-state index >= 15 is 0 Å². The number of carbonyl (C=O) groups is 1. The summed E-state index contributed by atoms with van der Waals surface area (Å²) >= 11 is 14.0. The third-order valence-corrected chi connectivity index (χ3v) is 10.5. The third kappa shape index (κ3) is 5.76. The van der Waals surface area contributed by atoms with E-state index in [9.17, 15) is 13.2 Å². The Balaban J connectivity index is 1.69. The number of amides is 1. The van der Waals surface area contributed by atoms with Crippen LogP contribution in [0.15, 0.2) is 58.8 Å². The SMILES string of the molecule is CC(C)N(CC(=O)N1CCc2sccc2C1c1ccc(C(C)(C)C)cc1)S(=O)(=O)c1cc(Cl)ccc1Cl. The van der Waals surface area contributed by atoms with Gasteiger partial charge in [-0.25, -0.2) is 8.42 Å². The Bertz CT molecular complexity index is 1390. The Morgan fingerprint density at radius 1 is 1.11 bits per heavy atom. The van der Waals surface area contributed by atoms with Crippen LogP contribution in [-0.2, 0) is 26.7 Å². The highest BCUT2D eigenvalue weighted by Gasteiger charge is 2.37. The van der Waals surface area contributed by atoms with Crippen LogP contribution in [0.1, 0.15) is 62.2 Å². The van der Waals surface area contributed by atoms with Crippen molar-refractivity contribution < 1.29 is 13.2 Å². The number of fused-ring (bicyclic) bond motifs is 1. The van der Waals surface area contributed by atoms with Crippen molar-refractivity contribution in [2.75, 3.05) is 13.1 Å². The van der Waals surface area contributed by atoms with Gasteiger partial charge in [0.25, 0.3) is 0 Å². The van der Waals surface area contributed by atoms with E-state index < -0.39 is 16.1 Å². The first-order valence-electron chi connectivity index (χ1n) is 12.2. The quantitative estimate of drug-likeness (QED) is 0.318. The first-order valence-corrected chi connectivity index (χ1v) is 15.3. The van der Waals surface area contributed by atoms with E-state index in [0.29, 0.717) is 6.54 Å². The molecule has 5 nitrogen and oxygen atoms in total. The fourth-order valence-corrected chi connectivity index (χ4v) is 7.91. The number of benzene rings is 2. The second-order valence-electron chi connectivity index (χ2n) is 10.6. The first-order chi connectivity index (χ1) is 17.3. The Kier molecular flexibility index (Phi) is 8.13. The molecule has 0 fully saturated rings. The molecule has 3 aromatic rings. The van der Waals surface area contributed by atoms with E-state index in [2.05, 4.69) is 56.5 Å². The van der Waals surface area contributed by atoms with Crippen LogP contribution < -0.4 is 0 Å². The third-order valence-electron chi connectivity index (χ3n) is 6.73. The van der Waals surface area contributed by atoms with E-state index in [1.54, 1.807) is 25.2 Å². The summed E-state index contributed by atoms with van der Waals surface area (Å²) in [5, 5.41) is 2.39. The van der Waals surface area contributed by atoms with Crippen molar-refractivity contribution in [3.05, 3.63) is 85.5 Å². The van der Waals surface area contributed by atoms with Crippen molar-refractivity contribution >= 4 is 50.5 Å². The summed E-state index contributed by atoms with van der Waals surface area (Å²) in [5.74, 6) is -0.253. The maximum atomic E-state index is 13.8. The molecular weight excluding hydrogens is 547 g/mol. The molecule has 0 N–H and O–H groups in total. The topological polar surface area (TPSA) is 57.7 Å². The van der Waals surface area contributed by atoms with Gasteiger partial charge in [0.05, 0.1) is 17.6 Å². The van der Waals surface area contributed by atoms with Gasteiger partial charge in [0.1, 0.15) is 4.90 Å². The molecule has 0 saturated carbocycles. The van der Waals surface area contributed by atoms with Gasteiger partial charge in [-0.15, -0.1) is 11.3 Å². The number of rotatable bonds is 6. The number of hydrogen-bond donors (Lipinski definition) is 0. The highest BCUT2D eigenvalue weighted by Crippen LogP contribution is 2.39. The first kappa shape index (κ1) is 28.1. The highest BCUT2D eigenvalue weighted by molar-refractivity contribution is 7.89. The molecule has 37 heavy (non-hydrogen) atoms. The number of sulfonamides is 1. The van der Waals surface area contributed by atoms with Gasteiger partial charge in [-0.3, -0.25) is 4.79 Å². The lowest BCUT2D eigenvalue weighted by Crippen LogP contribution is -2.48. The maximum Gasteiger partial charge on any atom is 0.245 e. The largest absolute Gasteiger partial charge is 0.330 e. The van der Waals surface area contributed by atoms with Gasteiger partial charge in [-0.1, -0.05) is 68.2 Å². The van der Waals surface area contributed by atoms with Crippen LogP contribution in [-0.4, -0.2) is 42.7 Å².